The summed E-state index contributed by atoms with van der Waals surface area (Å²) in [6.45, 7) is 6.22. The van der Waals surface area contributed by atoms with E-state index in [1.807, 2.05) is 6.92 Å². The second kappa shape index (κ2) is 4.76. The van der Waals surface area contributed by atoms with Gasteiger partial charge in [0.2, 0.25) is 11.2 Å². The minimum Gasteiger partial charge on any atom is -0.467 e. The van der Waals surface area contributed by atoms with Crippen LogP contribution >= 0.6 is 11.6 Å². The van der Waals surface area contributed by atoms with E-state index in [4.69, 9.17) is 16.3 Å². The van der Waals surface area contributed by atoms with Crippen LogP contribution in [0.2, 0.25) is 5.28 Å². The molecule has 1 aromatic rings. The van der Waals surface area contributed by atoms with Crippen LogP contribution in [0.25, 0.3) is 0 Å². The maximum absolute atomic E-state index is 5.64. The Balaban J connectivity index is 2.76. The fourth-order valence-electron chi connectivity index (χ4n) is 0.732. The molecule has 0 spiro atoms. The van der Waals surface area contributed by atoms with Crippen molar-refractivity contribution < 1.29 is 4.74 Å². The Bertz CT molecular complexity index is 342. The zero-order chi connectivity index (χ0) is 10.6. The van der Waals surface area contributed by atoms with Crippen LogP contribution in [0.1, 0.15) is 6.92 Å². The molecule has 0 saturated carbocycles. The highest BCUT2D eigenvalue weighted by Crippen LogP contribution is 2.10. The van der Waals surface area contributed by atoms with Crippen molar-refractivity contribution in [2.45, 2.75) is 6.92 Å². The van der Waals surface area contributed by atoms with Crippen LogP contribution in [0, 0.1) is 0 Å². The minimum absolute atomic E-state index is 0.0982. The number of hydrogen-bond donors (Lipinski definition) is 1. The molecule has 0 bridgehead atoms. The van der Waals surface area contributed by atoms with Gasteiger partial charge < -0.3 is 10.1 Å². The maximum atomic E-state index is 5.64. The predicted molar refractivity (Wildman–Crippen MR) is 54.7 cm³/mol. The van der Waals surface area contributed by atoms with Crippen LogP contribution in [0.15, 0.2) is 12.2 Å². The Morgan fingerprint density at radius 3 is 2.79 bits per heavy atom. The number of nitrogens with one attached hydrogen (secondary N) is 1. The first-order valence-electron chi connectivity index (χ1n) is 3.95. The van der Waals surface area contributed by atoms with Crippen molar-refractivity contribution in [2.24, 2.45) is 0 Å². The molecule has 0 saturated heterocycles. The molecule has 1 heterocycles. The van der Waals surface area contributed by atoms with Crippen LogP contribution in [-0.2, 0) is 0 Å². The zero-order valence-electron chi connectivity index (χ0n) is 8.04. The van der Waals surface area contributed by atoms with Gasteiger partial charge in [0.25, 0.3) is 0 Å². The quantitative estimate of drug-likeness (QED) is 0.771. The van der Waals surface area contributed by atoms with E-state index in [0.29, 0.717) is 12.5 Å². The van der Waals surface area contributed by atoms with E-state index in [2.05, 4.69) is 26.8 Å². The Labute approximate surface area is 87.2 Å². The summed E-state index contributed by atoms with van der Waals surface area (Å²) in [6, 6.07) is 0.189. The maximum Gasteiger partial charge on any atom is 0.322 e. The zero-order valence-corrected chi connectivity index (χ0v) is 8.80. The Morgan fingerprint density at radius 2 is 2.21 bits per heavy atom. The van der Waals surface area contributed by atoms with Crippen LogP contribution < -0.4 is 10.1 Å². The monoisotopic (exact) mass is 214 g/mol. The third-order valence-electron chi connectivity index (χ3n) is 1.32. The molecule has 0 fully saturated rings. The third kappa shape index (κ3) is 3.18. The van der Waals surface area contributed by atoms with E-state index in [1.165, 1.54) is 7.11 Å². The van der Waals surface area contributed by atoms with E-state index in [1.54, 1.807) is 0 Å². The van der Waals surface area contributed by atoms with Gasteiger partial charge in [-0.3, -0.25) is 0 Å². The first kappa shape index (κ1) is 10.7. The lowest BCUT2D eigenvalue weighted by Crippen LogP contribution is -2.07. The molecule has 6 heteroatoms. The normalized spacial score (nSPS) is 9.64. The third-order valence-corrected chi connectivity index (χ3v) is 1.49. The summed E-state index contributed by atoms with van der Waals surface area (Å²) in [4.78, 5) is 11.5. The summed E-state index contributed by atoms with van der Waals surface area (Å²) in [6.07, 6.45) is 0. The van der Waals surface area contributed by atoms with Gasteiger partial charge in [-0.1, -0.05) is 12.2 Å². The van der Waals surface area contributed by atoms with Crippen molar-refractivity contribution in [2.75, 3.05) is 19.0 Å². The highest BCUT2D eigenvalue weighted by molar-refractivity contribution is 6.28. The number of methoxy groups -OCH3 is 1. The molecule has 1 N–H and O–H groups in total. The Hall–Kier alpha value is -1.36. The van der Waals surface area contributed by atoms with Crippen LogP contribution in [0.4, 0.5) is 5.95 Å². The molecule has 0 amide bonds. The number of nitrogens with zero attached hydrogens (tertiary/aromatic N) is 3. The molecule has 0 aliphatic rings. The molecule has 1 rings (SSSR count). The van der Waals surface area contributed by atoms with E-state index < -0.39 is 0 Å². The van der Waals surface area contributed by atoms with Gasteiger partial charge in [0.05, 0.1) is 7.11 Å². The summed E-state index contributed by atoms with van der Waals surface area (Å²) in [5.41, 5.74) is 0.973. The lowest BCUT2D eigenvalue weighted by atomic mass is 10.3. The molecular formula is C8H11ClN4O. The second-order valence-electron chi connectivity index (χ2n) is 2.73. The molecule has 5 nitrogen and oxygen atoms in total. The van der Waals surface area contributed by atoms with E-state index in [0.717, 1.165) is 5.57 Å². The number of halogens is 1. The summed E-state index contributed by atoms with van der Waals surface area (Å²) in [5.74, 6) is 0.379. The molecule has 0 radical (unpaired) electrons. The van der Waals surface area contributed by atoms with Gasteiger partial charge in [-0.2, -0.15) is 15.0 Å². The molecule has 14 heavy (non-hydrogen) atoms. The van der Waals surface area contributed by atoms with Gasteiger partial charge in [-0.15, -0.1) is 0 Å². The summed E-state index contributed by atoms with van der Waals surface area (Å²) in [7, 11) is 1.47. The van der Waals surface area contributed by atoms with Gasteiger partial charge in [-0.05, 0) is 18.5 Å². The number of ether oxygens (including phenoxy) is 1. The minimum atomic E-state index is 0.0982. The molecule has 1 aromatic heterocycles. The van der Waals surface area contributed by atoms with Crippen LogP contribution in [0.3, 0.4) is 0 Å². The standard InChI is InChI=1S/C8H11ClN4O/c1-5(2)4-10-7-11-6(9)12-8(13-7)14-3/h1,4H2,2-3H3,(H,10,11,12,13). The van der Waals surface area contributed by atoms with E-state index >= 15 is 0 Å². The summed E-state index contributed by atoms with van der Waals surface area (Å²) in [5, 5.41) is 3.03. The van der Waals surface area contributed by atoms with Gasteiger partial charge in [0.1, 0.15) is 0 Å². The first-order chi connectivity index (χ1) is 6.61. The van der Waals surface area contributed by atoms with Crippen molar-refractivity contribution in [3.05, 3.63) is 17.4 Å². The molecule has 0 aromatic carbocycles. The summed E-state index contributed by atoms with van der Waals surface area (Å²) < 4.78 is 4.83. The number of anilines is 1. The molecule has 0 aliphatic carbocycles. The Kier molecular flexibility index (Phi) is 3.64. The number of rotatable bonds is 4. The van der Waals surface area contributed by atoms with Crippen molar-refractivity contribution in [3.8, 4) is 6.01 Å². The van der Waals surface area contributed by atoms with Gasteiger partial charge >= 0.3 is 6.01 Å². The molecule has 0 aliphatic heterocycles. The number of hydrogen-bond acceptors (Lipinski definition) is 5. The predicted octanol–water partition coefficient (Wildman–Crippen LogP) is 1.52. The smallest absolute Gasteiger partial charge is 0.322 e. The lowest BCUT2D eigenvalue weighted by molar-refractivity contribution is 0.379. The highest BCUT2D eigenvalue weighted by Gasteiger charge is 2.03. The van der Waals surface area contributed by atoms with Crippen LogP contribution in [-0.4, -0.2) is 28.6 Å². The van der Waals surface area contributed by atoms with Gasteiger partial charge in [0.15, 0.2) is 0 Å². The van der Waals surface area contributed by atoms with Gasteiger partial charge in [0, 0.05) is 6.54 Å². The lowest BCUT2D eigenvalue weighted by Gasteiger charge is -2.05. The van der Waals surface area contributed by atoms with Crippen molar-refractivity contribution in [1.29, 1.82) is 0 Å². The molecular weight excluding hydrogens is 204 g/mol. The summed E-state index contributed by atoms with van der Waals surface area (Å²) >= 11 is 5.64. The van der Waals surface area contributed by atoms with Crippen molar-refractivity contribution in [3.63, 3.8) is 0 Å². The second-order valence-corrected chi connectivity index (χ2v) is 3.06. The Morgan fingerprint density at radius 1 is 1.50 bits per heavy atom. The van der Waals surface area contributed by atoms with E-state index in [-0.39, 0.29) is 11.3 Å². The number of aromatic nitrogens is 3. The average molecular weight is 215 g/mol. The SMILES string of the molecule is C=C(C)CNc1nc(Cl)nc(OC)n1. The first-order valence-corrected chi connectivity index (χ1v) is 4.33. The van der Waals surface area contributed by atoms with Crippen LogP contribution in [0.5, 0.6) is 6.01 Å². The highest BCUT2D eigenvalue weighted by atomic mass is 35.5. The molecule has 0 atom stereocenters. The fraction of sp³-hybridized carbons (Fsp3) is 0.375. The largest absolute Gasteiger partial charge is 0.467 e. The van der Waals surface area contributed by atoms with Crippen molar-refractivity contribution >= 4 is 17.5 Å². The fourth-order valence-corrected chi connectivity index (χ4v) is 0.885. The topological polar surface area (TPSA) is 59.9 Å². The van der Waals surface area contributed by atoms with Crippen molar-refractivity contribution in [1.82, 2.24) is 15.0 Å². The molecule has 76 valence electrons. The van der Waals surface area contributed by atoms with E-state index in [9.17, 15) is 0 Å². The molecule has 0 unspecified atom stereocenters. The van der Waals surface area contributed by atoms with Gasteiger partial charge in [-0.25, -0.2) is 0 Å². The average Bonchev–Trinajstić information content (AvgIpc) is 2.14.